The van der Waals surface area contributed by atoms with Crippen LogP contribution in [-0.4, -0.2) is 33.8 Å². The van der Waals surface area contributed by atoms with Crippen LogP contribution in [0, 0.1) is 5.92 Å². The van der Waals surface area contributed by atoms with Gasteiger partial charge in [0, 0.05) is 12.6 Å². The van der Waals surface area contributed by atoms with Gasteiger partial charge in [-0.15, -0.1) is 0 Å². The van der Waals surface area contributed by atoms with E-state index in [-0.39, 0.29) is 0 Å². The molecule has 0 spiro atoms. The van der Waals surface area contributed by atoms with E-state index < -0.39 is 10.0 Å². The van der Waals surface area contributed by atoms with Gasteiger partial charge in [0.05, 0.1) is 6.26 Å². The topological polar surface area (TPSA) is 58.2 Å². The molecule has 5 heteroatoms. The highest BCUT2D eigenvalue weighted by atomic mass is 32.2. The van der Waals surface area contributed by atoms with Crippen LogP contribution in [0.15, 0.2) is 0 Å². The maximum Gasteiger partial charge on any atom is 0.208 e. The van der Waals surface area contributed by atoms with Gasteiger partial charge < -0.3 is 5.32 Å². The number of sulfonamides is 1. The molecule has 0 saturated heterocycles. The van der Waals surface area contributed by atoms with Crippen molar-refractivity contribution in [2.45, 2.75) is 45.1 Å². The summed E-state index contributed by atoms with van der Waals surface area (Å²) in [6.45, 7) is 3.66. The molecular weight excluding hydrogens is 224 g/mol. The maximum absolute atomic E-state index is 10.8. The zero-order chi connectivity index (χ0) is 12.0. The smallest absolute Gasteiger partial charge is 0.208 e. The van der Waals surface area contributed by atoms with Crippen molar-refractivity contribution in [1.29, 1.82) is 0 Å². The average molecular weight is 248 g/mol. The Kier molecular flexibility index (Phi) is 5.72. The van der Waals surface area contributed by atoms with Crippen LogP contribution in [0.4, 0.5) is 0 Å². The van der Waals surface area contributed by atoms with E-state index in [0.29, 0.717) is 12.6 Å². The molecule has 0 aromatic carbocycles. The van der Waals surface area contributed by atoms with Crippen molar-refractivity contribution < 1.29 is 8.42 Å². The van der Waals surface area contributed by atoms with Crippen molar-refractivity contribution in [2.75, 3.05) is 19.3 Å². The molecule has 1 fully saturated rings. The van der Waals surface area contributed by atoms with E-state index in [4.69, 9.17) is 0 Å². The number of hydrogen-bond donors (Lipinski definition) is 2. The van der Waals surface area contributed by atoms with E-state index in [1.165, 1.54) is 31.9 Å². The van der Waals surface area contributed by atoms with Crippen molar-refractivity contribution in [1.82, 2.24) is 10.0 Å². The molecule has 2 N–H and O–H groups in total. The molecule has 96 valence electrons. The zero-order valence-electron chi connectivity index (χ0n) is 10.3. The highest BCUT2D eigenvalue weighted by molar-refractivity contribution is 7.88. The van der Waals surface area contributed by atoms with Crippen LogP contribution < -0.4 is 10.0 Å². The fourth-order valence-corrected chi connectivity index (χ4v) is 2.81. The molecule has 1 aliphatic carbocycles. The Morgan fingerprint density at radius 1 is 1.25 bits per heavy atom. The third-order valence-corrected chi connectivity index (χ3v) is 4.02. The summed E-state index contributed by atoms with van der Waals surface area (Å²) in [4.78, 5) is 0. The Hall–Kier alpha value is -0.130. The van der Waals surface area contributed by atoms with Gasteiger partial charge in [-0.3, -0.25) is 0 Å². The molecule has 0 aliphatic heterocycles. The van der Waals surface area contributed by atoms with Gasteiger partial charge >= 0.3 is 0 Å². The van der Waals surface area contributed by atoms with E-state index in [2.05, 4.69) is 17.0 Å². The van der Waals surface area contributed by atoms with Gasteiger partial charge in [0.1, 0.15) is 0 Å². The number of hydrogen-bond acceptors (Lipinski definition) is 3. The molecule has 1 rings (SSSR count). The highest BCUT2D eigenvalue weighted by Crippen LogP contribution is 2.27. The summed E-state index contributed by atoms with van der Waals surface area (Å²) >= 11 is 0. The van der Waals surface area contributed by atoms with E-state index >= 15 is 0 Å². The second-order valence-corrected chi connectivity index (χ2v) is 6.64. The van der Waals surface area contributed by atoms with Crippen molar-refractivity contribution in [3.8, 4) is 0 Å². The molecule has 0 bridgehead atoms. The van der Waals surface area contributed by atoms with Gasteiger partial charge in [0.15, 0.2) is 0 Å². The first-order chi connectivity index (χ1) is 7.49. The average Bonchev–Trinajstić information content (AvgIpc) is 2.67. The standard InChI is InChI=1S/C11H24N2O2S/c1-10(11-6-3-4-7-11)12-8-5-9-13-16(2,14)15/h10-13H,3-9H2,1-2H3. The van der Waals surface area contributed by atoms with E-state index in [1.54, 1.807) is 0 Å². The molecule has 0 radical (unpaired) electrons. The SMILES string of the molecule is CC(NCCCNS(C)(=O)=O)C1CCCC1. The fraction of sp³-hybridized carbons (Fsp3) is 1.00. The molecule has 1 atom stereocenters. The Morgan fingerprint density at radius 2 is 1.88 bits per heavy atom. The Balaban J connectivity index is 2.02. The summed E-state index contributed by atoms with van der Waals surface area (Å²) in [6.07, 6.45) is 7.47. The van der Waals surface area contributed by atoms with Crippen LogP contribution in [0.25, 0.3) is 0 Å². The van der Waals surface area contributed by atoms with Crippen molar-refractivity contribution in [2.24, 2.45) is 5.92 Å². The zero-order valence-corrected chi connectivity index (χ0v) is 11.1. The first-order valence-corrected chi connectivity index (χ1v) is 8.06. The van der Waals surface area contributed by atoms with Crippen molar-refractivity contribution >= 4 is 10.0 Å². The minimum Gasteiger partial charge on any atom is -0.314 e. The fourth-order valence-electron chi connectivity index (χ4n) is 2.30. The predicted molar refractivity (Wildman–Crippen MR) is 66.9 cm³/mol. The van der Waals surface area contributed by atoms with Crippen LogP contribution in [0.5, 0.6) is 0 Å². The molecule has 1 aliphatic rings. The third kappa shape index (κ3) is 5.82. The summed E-state index contributed by atoms with van der Waals surface area (Å²) in [7, 11) is -3.02. The second-order valence-electron chi connectivity index (χ2n) is 4.81. The molecule has 0 aromatic rings. The lowest BCUT2D eigenvalue weighted by atomic mass is 10.00. The van der Waals surface area contributed by atoms with E-state index in [9.17, 15) is 8.42 Å². The summed E-state index contributed by atoms with van der Waals surface area (Å²) in [5.74, 6) is 0.822. The largest absolute Gasteiger partial charge is 0.314 e. The highest BCUT2D eigenvalue weighted by Gasteiger charge is 2.20. The minimum atomic E-state index is -3.02. The second kappa shape index (κ2) is 6.57. The van der Waals surface area contributed by atoms with Gasteiger partial charge in [0.2, 0.25) is 10.0 Å². The van der Waals surface area contributed by atoms with Gasteiger partial charge in [-0.1, -0.05) is 12.8 Å². The van der Waals surface area contributed by atoms with Crippen molar-refractivity contribution in [3.63, 3.8) is 0 Å². The van der Waals surface area contributed by atoms with Gasteiger partial charge in [-0.2, -0.15) is 0 Å². The van der Waals surface area contributed by atoms with Gasteiger partial charge in [-0.25, -0.2) is 13.1 Å². The number of rotatable bonds is 7. The lowest BCUT2D eigenvalue weighted by Crippen LogP contribution is -2.34. The normalized spacial score (nSPS) is 20.1. The number of nitrogens with one attached hydrogen (secondary N) is 2. The van der Waals surface area contributed by atoms with Crippen LogP contribution in [-0.2, 0) is 10.0 Å². The summed E-state index contributed by atoms with van der Waals surface area (Å²) < 4.78 is 24.1. The Morgan fingerprint density at radius 3 is 2.44 bits per heavy atom. The summed E-state index contributed by atoms with van der Waals surface area (Å²) in [5, 5.41) is 3.48. The first-order valence-electron chi connectivity index (χ1n) is 6.17. The van der Waals surface area contributed by atoms with Crippen LogP contribution in [0.1, 0.15) is 39.0 Å². The quantitative estimate of drug-likeness (QED) is 0.663. The first kappa shape index (κ1) is 13.9. The molecule has 0 amide bonds. The monoisotopic (exact) mass is 248 g/mol. The van der Waals surface area contributed by atoms with E-state index in [1.807, 2.05) is 0 Å². The van der Waals surface area contributed by atoms with Gasteiger partial charge in [-0.05, 0) is 38.6 Å². The molecule has 1 unspecified atom stereocenters. The third-order valence-electron chi connectivity index (χ3n) is 3.29. The molecule has 0 aromatic heterocycles. The molecule has 4 nitrogen and oxygen atoms in total. The van der Waals surface area contributed by atoms with Crippen LogP contribution >= 0.6 is 0 Å². The molecule has 1 saturated carbocycles. The lowest BCUT2D eigenvalue weighted by molar-refractivity contribution is 0.380. The molecule has 0 heterocycles. The molecular formula is C11H24N2O2S. The summed E-state index contributed by atoms with van der Waals surface area (Å²) in [6, 6.07) is 0.570. The maximum atomic E-state index is 10.8. The Labute approximate surface area is 99.2 Å². The van der Waals surface area contributed by atoms with Crippen molar-refractivity contribution in [3.05, 3.63) is 0 Å². The van der Waals surface area contributed by atoms with E-state index in [0.717, 1.165) is 18.9 Å². The lowest BCUT2D eigenvalue weighted by Gasteiger charge is -2.20. The predicted octanol–water partition coefficient (Wildman–Crippen LogP) is 1.09. The Bertz CT molecular complexity index is 284. The summed E-state index contributed by atoms with van der Waals surface area (Å²) in [5.41, 5.74) is 0. The molecule has 16 heavy (non-hydrogen) atoms. The minimum absolute atomic E-state index is 0.531. The van der Waals surface area contributed by atoms with Gasteiger partial charge in [0.25, 0.3) is 0 Å². The van der Waals surface area contributed by atoms with Crippen LogP contribution in [0.2, 0.25) is 0 Å². The van der Waals surface area contributed by atoms with Crippen LogP contribution in [0.3, 0.4) is 0 Å².